The normalized spacial score (nSPS) is 21.6. The Balaban J connectivity index is 1.45. The maximum Gasteiger partial charge on any atom is 0.342 e. The number of imide groups is 2. The van der Waals surface area contributed by atoms with Gasteiger partial charge in [0.1, 0.15) is 5.82 Å². The predicted octanol–water partition coefficient (Wildman–Crippen LogP) is 6.32. The van der Waals surface area contributed by atoms with Crippen molar-refractivity contribution in [3.8, 4) is 0 Å². The van der Waals surface area contributed by atoms with Crippen LogP contribution in [-0.4, -0.2) is 30.4 Å². The minimum Gasteiger partial charge on any atom is -0.367 e. The summed E-state index contributed by atoms with van der Waals surface area (Å²) in [6.45, 7) is 0.549. The van der Waals surface area contributed by atoms with Crippen molar-refractivity contribution in [1.29, 1.82) is 0 Å². The predicted molar refractivity (Wildman–Crippen MR) is 155 cm³/mol. The van der Waals surface area contributed by atoms with Gasteiger partial charge < -0.3 is 4.90 Å². The molecule has 2 saturated heterocycles. The summed E-state index contributed by atoms with van der Waals surface area (Å²) >= 11 is 0. The average molecular weight is 546 g/mol. The lowest BCUT2D eigenvalue weighted by Crippen LogP contribution is -2.74. The summed E-state index contributed by atoms with van der Waals surface area (Å²) in [4.78, 5) is 48.1. The van der Waals surface area contributed by atoms with E-state index in [0.29, 0.717) is 30.0 Å². The third kappa shape index (κ3) is 3.87. The fourth-order valence-electron chi connectivity index (χ4n) is 6.93. The molecule has 0 saturated carbocycles. The Morgan fingerprint density at radius 1 is 0.707 bits per heavy atom. The van der Waals surface area contributed by atoms with Crippen LogP contribution in [0.1, 0.15) is 29.9 Å². The second-order valence-electron chi connectivity index (χ2n) is 11.0. The first-order valence-corrected chi connectivity index (χ1v) is 13.9. The van der Waals surface area contributed by atoms with Crippen LogP contribution in [0.15, 0.2) is 109 Å². The number of nitrogens with zero attached hydrogens (tertiary/aromatic N) is 3. The van der Waals surface area contributed by atoms with Crippen LogP contribution in [0.5, 0.6) is 0 Å². The van der Waals surface area contributed by atoms with Crippen LogP contribution in [0.4, 0.5) is 26.2 Å². The van der Waals surface area contributed by atoms with E-state index in [1.165, 1.54) is 12.1 Å². The zero-order valence-corrected chi connectivity index (χ0v) is 22.3. The Hall–Kier alpha value is -4.78. The Labute approximate surface area is 237 Å². The van der Waals surface area contributed by atoms with Crippen molar-refractivity contribution in [1.82, 2.24) is 0 Å². The highest BCUT2D eigenvalue weighted by atomic mass is 19.1. The lowest BCUT2D eigenvalue weighted by Gasteiger charge is -2.56. The van der Waals surface area contributed by atoms with Gasteiger partial charge in [-0.25, -0.2) is 19.0 Å². The fourth-order valence-corrected chi connectivity index (χ4v) is 6.93. The number of urea groups is 1. The first-order chi connectivity index (χ1) is 20.0. The molecule has 0 radical (unpaired) electrons. The lowest BCUT2D eigenvalue weighted by atomic mass is 9.63. The molecule has 3 heterocycles. The van der Waals surface area contributed by atoms with Crippen LogP contribution >= 0.6 is 0 Å². The van der Waals surface area contributed by atoms with E-state index in [1.54, 1.807) is 54.6 Å². The number of carbonyl (C=O) groups is 3. The summed E-state index contributed by atoms with van der Waals surface area (Å²) in [5, 5.41) is 0. The Morgan fingerprint density at radius 3 is 1.85 bits per heavy atom. The molecular weight excluding hydrogens is 517 g/mol. The van der Waals surface area contributed by atoms with E-state index >= 15 is 0 Å². The Kier molecular flexibility index (Phi) is 5.96. The number of amides is 4. The van der Waals surface area contributed by atoms with E-state index in [2.05, 4.69) is 12.1 Å². The lowest BCUT2D eigenvalue weighted by molar-refractivity contribution is -0.143. The molecule has 0 aromatic heterocycles. The number of anilines is 3. The highest BCUT2D eigenvalue weighted by Gasteiger charge is 2.65. The van der Waals surface area contributed by atoms with Crippen molar-refractivity contribution < 1.29 is 18.8 Å². The van der Waals surface area contributed by atoms with Gasteiger partial charge in [-0.2, -0.15) is 0 Å². The maximum atomic E-state index is 14.8. The summed E-state index contributed by atoms with van der Waals surface area (Å²) < 4.78 is 14.6. The van der Waals surface area contributed by atoms with Crippen LogP contribution in [0.3, 0.4) is 0 Å². The molecule has 0 bridgehead atoms. The smallest absolute Gasteiger partial charge is 0.342 e. The van der Waals surface area contributed by atoms with Crippen LogP contribution in [0, 0.1) is 11.2 Å². The standard InChI is InChI=1S/C34H28FN3O3/c35-26-17-16-25-22-34(30-20-24(23-10-4-1-5-11-23)18-19-36(30)29(25)21-26)31(39)37(27-12-6-2-7-13-27)33(41)38(32(34)40)28-14-8-3-9-15-28/h1-17,21,24,30H,18-20,22H2/t24-,30-/m1/s1. The van der Waals surface area contributed by atoms with Crippen LogP contribution in [-0.2, 0) is 16.0 Å². The molecule has 1 spiro atoms. The molecule has 3 aliphatic rings. The Morgan fingerprint density at radius 2 is 1.27 bits per heavy atom. The molecule has 4 aromatic carbocycles. The highest BCUT2D eigenvalue weighted by Crippen LogP contribution is 2.52. The second-order valence-corrected chi connectivity index (χ2v) is 11.0. The SMILES string of the molecule is O=C1N(c2ccccc2)C(=O)C2(Cc3ccc(F)cc3N3CC[C@@H](c4ccccc4)C[C@@H]32)C(=O)N1c1ccccc1. The van der Waals surface area contributed by atoms with E-state index in [0.717, 1.165) is 27.3 Å². The van der Waals surface area contributed by atoms with E-state index < -0.39 is 29.3 Å². The van der Waals surface area contributed by atoms with Gasteiger partial charge in [-0.3, -0.25) is 9.59 Å². The minimum absolute atomic E-state index is 0.0723. The number of barbiturate groups is 1. The third-order valence-electron chi connectivity index (χ3n) is 8.85. The van der Waals surface area contributed by atoms with E-state index in [-0.39, 0.29) is 18.2 Å². The molecular formula is C34H28FN3O3. The van der Waals surface area contributed by atoms with Crippen molar-refractivity contribution in [2.45, 2.75) is 31.2 Å². The van der Waals surface area contributed by atoms with Crippen molar-refractivity contribution in [3.05, 3.63) is 126 Å². The topological polar surface area (TPSA) is 60.9 Å². The van der Waals surface area contributed by atoms with Gasteiger partial charge in [0.2, 0.25) is 0 Å². The third-order valence-corrected chi connectivity index (χ3v) is 8.85. The van der Waals surface area contributed by atoms with Crippen molar-refractivity contribution in [2.24, 2.45) is 5.41 Å². The molecule has 2 atom stereocenters. The molecule has 41 heavy (non-hydrogen) atoms. The summed E-state index contributed by atoms with van der Waals surface area (Å²) in [6.07, 6.45) is 1.37. The number of halogens is 1. The molecule has 204 valence electrons. The molecule has 7 heteroatoms. The second kappa shape index (κ2) is 9.70. The number of hydrogen-bond acceptors (Lipinski definition) is 4. The number of piperidine rings is 1. The van der Waals surface area contributed by atoms with Crippen molar-refractivity contribution >= 4 is 34.9 Å². The first-order valence-electron chi connectivity index (χ1n) is 13.9. The number of rotatable bonds is 3. The average Bonchev–Trinajstić information content (AvgIpc) is 3.01. The molecule has 0 aliphatic carbocycles. The van der Waals surface area contributed by atoms with E-state index in [9.17, 15) is 18.8 Å². The number of para-hydroxylation sites is 2. The van der Waals surface area contributed by atoms with Gasteiger partial charge in [0.25, 0.3) is 11.8 Å². The summed E-state index contributed by atoms with van der Waals surface area (Å²) in [7, 11) is 0. The molecule has 4 aromatic rings. The van der Waals surface area contributed by atoms with Gasteiger partial charge in [0.05, 0.1) is 17.4 Å². The van der Waals surface area contributed by atoms with Gasteiger partial charge in [0.15, 0.2) is 5.41 Å². The Bertz CT molecular complexity index is 1580. The fraction of sp³-hybridized carbons (Fsp3) is 0.206. The monoisotopic (exact) mass is 545 g/mol. The van der Waals surface area contributed by atoms with Gasteiger partial charge in [-0.05, 0) is 72.7 Å². The molecule has 6 nitrogen and oxygen atoms in total. The molecule has 4 amide bonds. The molecule has 3 aliphatic heterocycles. The van der Waals surface area contributed by atoms with Crippen LogP contribution in [0.2, 0.25) is 0 Å². The summed E-state index contributed by atoms with van der Waals surface area (Å²) in [6, 6.07) is 30.9. The largest absolute Gasteiger partial charge is 0.367 e. The van der Waals surface area contributed by atoms with Crippen molar-refractivity contribution in [3.63, 3.8) is 0 Å². The molecule has 0 N–H and O–H groups in total. The number of carbonyl (C=O) groups excluding carboxylic acids is 3. The number of hydrogen-bond donors (Lipinski definition) is 0. The highest BCUT2D eigenvalue weighted by molar-refractivity contribution is 6.39. The van der Waals surface area contributed by atoms with Gasteiger partial charge in [0, 0.05) is 12.2 Å². The van der Waals surface area contributed by atoms with Gasteiger partial charge >= 0.3 is 6.03 Å². The number of fused-ring (bicyclic) bond motifs is 4. The quantitative estimate of drug-likeness (QED) is 0.283. The van der Waals surface area contributed by atoms with E-state index in [4.69, 9.17) is 0 Å². The minimum atomic E-state index is -1.60. The number of benzene rings is 4. The molecule has 0 unspecified atom stereocenters. The summed E-state index contributed by atoms with van der Waals surface area (Å²) in [5.41, 5.74) is 1.78. The summed E-state index contributed by atoms with van der Waals surface area (Å²) in [5.74, 6) is -1.34. The molecule has 7 rings (SSSR count). The van der Waals surface area contributed by atoms with Gasteiger partial charge in [-0.15, -0.1) is 0 Å². The van der Waals surface area contributed by atoms with Crippen LogP contribution < -0.4 is 14.7 Å². The zero-order valence-electron chi connectivity index (χ0n) is 22.3. The van der Waals surface area contributed by atoms with E-state index in [1.807, 2.05) is 35.2 Å². The molecule has 2 fully saturated rings. The van der Waals surface area contributed by atoms with Crippen molar-refractivity contribution in [2.75, 3.05) is 21.2 Å². The first kappa shape index (κ1) is 25.2. The maximum absolute atomic E-state index is 14.8. The van der Waals surface area contributed by atoms with Gasteiger partial charge in [-0.1, -0.05) is 72.8 Å². The van der Waals surface area contributed by atoms with Crippen LogP contribution in [0.25, 0.3) is 0 Å². The zero-order chi connectivity index (χ0) is 28.1.